The molecule has 2 N–H and O–H groups in total. The van der Waals surface area contributed by atoms with Gasteiger partial charge in [-0.2, -0.15) is 0 Å². The minimum Gasteiger partial charge on any atom is -0.369 e. The summed E-state index contributed by atoms with van der Waals surface area (Å²) in [7, 11) is 0. The van der Waals surface area contributed by atoms with E-state index in [1.54, 1.807) is 0 Å². The van der Waals surface area contributed by atoms with Crippen LogP contribution >= 0.6 is 0 Å². The number of aromatic nitrogens is 1. The molecule has 1 fully saturated rings. The van der Waals surface area contributed by atoms with E-state index in [1.165, 1.54) is 23.1 Å². The average molecular weight is 580 g/mol. The number of nitrogens with zero attached hydrogens (tertiary/aromatic N) is 3. The Bertz CT molecular complexity index is 1580. The normalized spacial score (nSPS) is 14.5. The van der Waals surface area contributed by atoms with Crippen molar-refractivity contribution in [2.45, 2.75) is 46.7 Å². The quantitative estimate of drug-likeness (QED) is 0.305. The number of amides is 3. The molecular formula is C35H41N5O3. The summed E-state index contributed by atoms with van der Waals surface area (Å²) in [6.07, 6.45) is 2.15. The van der Waals surface area contributed by atoms with Gasteiger partial charge in [0.05, 0.1) is 13.1 Å². The summed E-state index contributed by atoms with van der Waals surface area (Å²) in [4.78, 5) is 49.3. The zero-order chi connectivity index (χ0) is 30.5. The Hall–Kier alpha value is -4.43. The molecule has 8 nitrogen and oxygen atoms in total. The summed E-state index contributed by atoms with van der Waals surface area (Å²) in [5, 5.41) is 4.00. The number of fused-ring (bicyclic) bond motifs is 1. The molecule has 1 aliphatic heterocycles. The number of H-pyrrole nitrogens is 1. The largest absolute Gasteiger partial charge is 0.369 e. The Kier molecular flexibility index (Phi) is 9.26. The third kappa shape index (κ3) is 7.14. The summed E-state index contributed by atoms with van der Waals surface area (Å²) in [5.74, 6) is -0.983. The first-order valence-corrected chi connectivity index (χ1v) is 14.9. The minimum absolute atomic E-state index is 0.151. The zero-order valence-electron chi connectivity index (χ0n) is 25.5. The van der Waals surface area contributed by atoms with Gasteiger partial charge in [0.1, 0.15) is 6.04 Å². The lowest BCUT2D eigenvalue weighted by Crippen LogP contribution is -2.54. The maximum absolute atomic E-state index is 14.1. The number of anilines is 1. The van der Waals surface area contributed by atoms with E-state index in [0.29, 0.717) is 0 Å². The number of imide groups is 1. The topological polar surface area (TPSA) is 88.8 Å². The van der Waals surface area contributed by atoms with Crippen molar-refractivity contribution in [1.29, 1.82) is 0 Å². The second-order valence-electron chi connectivity index (χ2n) is 11.6. The number of aromatic amines is 1. The molecule has 0 bridgehead atoms. The molecule has 3 aromatic carbocycles. The summed E-state index contributed by atoms with van der Waals surface area (Å²) < 4.78 is 0. The SMILES string of the molecule is CC(=O)N(Cc1cc(C)c(C)c(C)c1)C(=O)C(Cc1c[nH]c2ccccc12)NC(=O)CN1CCN(c2ccccc2)CC1. The minimum atomic E-state index is -0.895. The number of rotatable bonds is 9. The van der Waals surface area contributed by atoms with Crippen molar-refractivity contribution in [3.63, 3.8) is 0 Å². The maximum Gasteiger partial charge on any atom is 0.252 e. The number of aryl methyl sites for hydroxylation is 2. The molecule has 43 heavy (non-hydrogen) atoms. The molecule has 3 amide bonds. The average Bonchev–Trinajstić information content (AvgIpc) is 3.41. The zero-order valence-corrected chi connectivity index (χ0v) is 25.5. The van der Waals surface area contributed by atoms with Crippen LogP contribution in [0.4, 0.5) is 5.69 Å². The number of carbonyl (C=O) groups excluding carboxylic acids is 3. The molecule has 2 heterocycles. The lowest BCUT2D eigenvalue weighted by atomic mass is 9.99. The fourth-order valence-corrected chi connectivity index (χ4v) is 5.90. The van der Waals surface area contributed by atoms with Crippen LogP contribution in [0.25, 0.3) is 10.9 Å². The Morgan fingerprint density at radius 3 is 2.23 bits per heavy atom. The highest BCUT2D eigenvalue weighted by molar-refractivity contribution is 5.99. The van der Waals surface area contributed by atoms with Crippen molar-refractivity contribution < 1.29 is 14.4 Å². The highest BCUT2D eigenvalue weighted by atomic mass is 16.2. The van der Waals surface area contributed by atoms with Gasteiger partial charge in [-0.05, 0) is 66.8 Å². The van der Waals surface area contributed by atoms with Gasteiger partial charge in [0.15, 0.2) is 0 Å². The molecule has 0 radical (unpaired) electrons. The summed E-state index contributed by atoms with van der Waals surface area (Å²) in [5.41, 5.74) is 7.36. The lowest BCUT2D eigenvalue weighted by molar-refractivity contribution is -0.147. The second kappa shape index (κ2) is 13.3. The smallest absolute Gasteiger partial charge is 0.252 e. The van der Waals surface area contributed by atoms with Crippen LogP contribution in [0.1, 0.15) is 34.7 Å². The molecule has 224 valence electrons. The molecule has 1 unspecified atom stereocenters. The van der Waals surface area contributed by atoms with Crippen LogP contribution in [0.2, 0.25) is 0 Å². The van der Waals surface area contributed by atoms with E-state index in [-0.39, 0.29) is 31.3 Å². The van der Waals surface area contributed by atoms with Crippen molar-refractivity contribution in [1.82, 2.24) is 20.1 Å². The van der Waals surface area contributed by atoms with E-state index in [4.69, 9.17) is 0 Å². The lowest BCUT2D eigenvalue weighted by Gasteiger charge is -2.36. The van der Waals surface area contributed by atoms with Gasteiger partial charge in [-0.15, -0.1) is 0 Å². The molecule has 1 atom stereocenters. The van der Waals surface area contributed by atoms with Crippen LogP contribution in [0, 0.1) is 20.8 Å². The van der Waals surface area contributed by atoms with Crippen LogP contribution in [0.3, 0.4) is 0 Å². The highest BCUT2D eigenvalue weighted by Gasteiger charge is 2.30. The Labute approximate surface area is 253 Å². The van der Waals surface area contributed by atoms with Crippen molar-refractivity contribution in [3.05, 3.63) is 101 Å². The third-order valence-corrected chi connectivity index (χ3v) is 8.57. The molecule has 4 aromatic rings. The Morgan fingerprint density at radius 2 is 1.56 bits per heavy atom. The van der Waals surface area contributed by atoms with E-state index in [2.05, 4.69) is 39.2 Å². The van der Waals surface area contributed by atoms with E-state index >= 15 is 0 Å². The Morgan fingerprint density at radius 1 is 0.907 bits per heavy atom. The van der Waals surface area contributed by atoms with Gasteiger partial charge < -0.3 is 15.2 Å². The first kappa shape index (κ1) is 30.0. The molecular weight excluding hydrogens is 538 g/mol. The number of hydrogen-bond donors (Lipinski definition) is 2. The van der Waals surface area contributed by atoms with Crippen molar-refractivity contribution in [2.75, 3.05) is 37.6 Å². The van der Waals surface area contributed by atoms with Crippen LogP contribution in [-0.4, -0.2) is 71.3 Å². The predicted octanol–water partition coefficient (Wildman–Crippen LogP) is 4.52. The number of piperazine rings is 1. The predicted molar refractivity (Wildman–Crippen MR) is 171 cm³/mol. The number of nitrogens with one attached hydrogen (secondary N) is 2. The van der Waals surface area contributed by atoms with E-state index in [1.807, 2.05) is 74.6 Å². The van der Waals surface area contributed by atoms with Crippen molar-refractivity contribution in [2.24, 2.45) is 0 Å². The molecule has 0 aliphatic carbocycles. The van der Waals surface area contributed by atoms with Crippen LogP contribution < -0.4 is 10.2 Å². The fourth-order valence-electron chi connectivity index (χ4n) is 5.90. The second-order valence-corrected chi connectivity index (χ2v) is 11.6. The highest BCUT2D eigenvalue weighted by Crippen LogP contribution is 2.22. The van der Waals surface area contributed by atoms with Gasteiger partial charge in [0.2, 0.25) is 11.8 Å². The molecule has 8 heteroatoms. The third-order valence-electron chi connectivity index (χ3n) is 8.57. The molecule has 0 spiro atoms. The Balaban J connectivity index is 1.32. The number of para-hydroxylation sites is 2. The summed E-state index contributed by atoms with van der Waals surface area (Å²) >= 11 is 0. The van der Waals surface area contributed by atoms with E-state index in [0.717, 1.165) is 59.3 Å². The van der Waals surface area contributed by atoms with E-state index < -0.39 is 11.9 Å². The van der Waals surface area contributed by atoms with Crippen LogP contribution in [0.15, 0.2) is 72.9 Å². The van der Waals surface area contributed by atoms with Gasteiger partial charge in [-0.1, -0.05) is 48.5 Å². The van der Waals surface area contributed by atoms with Gasteiger partial charge in [0.25, 0.3) is 5.91 Å². The van der Waals surface area contributed by atoms with Crippen molar-refractivity contribution in [3.8, 4) is 0 Å². The molecule has 5 rings (SSSR count). The van der Waals surface area contributed by atoms with Crippen LogP contribution in [0.5, 0.6) is 0 Å². The van der Waals surface area contributed by atoms with E-state index in [9.17, 15) is 14.4 Å². The first-order valence-electron chi connectivity index (χ1n) is 14.9. The van der Waals surface area contributed by atoms with Gasteiger partial charge >= 0.3 is 0 Å². The first-order chi connectivity index (χ1) is 20.7. The summed E-state index contributed by atoms with van der Waals surface area (Å²) in [6, 6.07) is 21.3. The summed E-state index contributed by atoms with van der Waals surface area (Å²) in [6.45, 7) is 11.0. The van der Waals surface area contributed by atoms with Gasteiger partial charge in [-0.3, -0.25) is 24.2 Å². The monoisotopic (exact) mass is 579 g/mol. The standard InChI is InChI=1S/C35H41N5O3/c1-24-18-28(19-25(2)26(24)3)22-40(27(4)41)35(43)33(20-29-21-36-32-13-9-8-12-31(29)32)37-34(42)23-38-14-16-39(17-15-38)30-10-6-5-7-11-30/h5-13,18-19,21,33,36H,14-17,20,22-23H2,1-4H3,(H,37,42). The molecule has 1 aromatic heterocycles. The van der Waals surface area contributed by atoms with Gasteiger partial charge in [-0.25, -0.2) is 0 Å². The molecule has 1 saturated heterocycles. The number of hydrogen-bond acceptors (Lipinski definition) is 5. The molecule has 0 saturated carbocycles. The number of carbonyl (C=O) groups is 3. The van der Waals surface area contributed by atoms with Crippen LogP contribution in [-0.2, 0) is 27.3 Å². The number of benzene rings is 3. The van der Waals surface area contributed by atoms with Gasteiger partial charge in [0, 0.05) is 62.3 Å². The molecule has 1 aliphatic rings. The maximum atomic E-state index is 14.1. The van der Waals surface area contributed by atoms with Crippen molar-refractivity contribution >= 4 is 34.3 Å². The fraction of sp³-hybridized carbons (Fsp3) is 0.343.